The summed E-state index contributed by atoms with van der Waals surface area (Å²) in [5.41, 5.74) is 1.11. The second-order valence-corrected chi connectivity index (χ2v) is 4.56. The molecule has 0 N–H and O–H groups in total. The van der Waals surface area contributed by atoms with Crippen LogP contribution in [0.5, 0.6) is 0 Å². The quantitative estimate of drug-likeness (QED) is 0.764. The Bertz CT molecular complexity index is 614. The third kappa shape index (κ3) is 1.24. The second-order valence-electron chi connectivity index (χ2n) is 3.74. The Morgan fingerprint density at radius 3 is 2.88 bits per heavy atom. The van der Waals surface area contributed by atoms with Gasteiger partial charge in [-0.25, -0.2) is 14.8 Å². The molecule has 0 amide bonds. The summed E-state index contributed by atoms with van der Waals surface area (Å²) >= 11 is 3.25. The minimum Gasteiger partial charge on any atom is -0.377 e. The Hall–Kier alpha value is -1.21. The molecule has 1 aliphatic rings. The van der Waals surface area contributed by atoms with Crippen LogP contribution < -0.4 is 5.69 Å². The van der Waals surface area contributed by atoms with Crippen molar-refractivity contribution in [2.24, 2.45) is 7.05 Å². The molecule has 3 heterocycles. The van der Waals surface area contributed by atoms with E-state index in [4.69, 9.17) is 4.74 Å². The molecule has 84 valence electrons. The van der Waals surface area contributed by atoms with Gasteiger partial charge in [-0.15, -0.1) is 0 Å². The van der Waals surface area contributed by atoms with E-state index in [0.29, 0.717) is 29.1 Å². The lowest BCUT2D eigenvalue weighted by molar-refractivity contribution is -0.0233. The summed E-state index contributed by atoms with van der Waals surface area (Å²) in [6.07, 6.45) is 1.60. The lowest BCUT2D eigenvalue weighted by Gasteiger charge is -2.26. The monoisotopic (exact) mass is 284 g/mol. The standard InChI is InChI=1S/C9H9BrN4O2/c1-13-8-7(11-2-6(10)12-8)14(9(13)15)5-3-16-4-5/h2,5H,3-4H2,1H3. The summed E-state index contributed by atoms with van der Waals surface area (Å²) in [6, 6.07) is 0.0895. The lowest BCUT2D eigenvalue weighted by atomic mass is 10.2. The van der Waals surface area contributed by atoms with Crippen LogP contribution in [-0.2, 0) is 11.8 Å². The number of nitrogens with zero attached hydrogens (tertiary/aromatic N) is 4. The van der Waals surface area contributed by atoms with Crippen LogP contribution in [0.4, 0.5) is 0 Å². The van der Waals surface area contributed by atoms with E-state index >= 15 is 0 Å². The van der Waals surface area contributed by atoms with E-state index in [9.17, 15) is 4.79 Å². The van der Waals surface area contributed by atoms with Crippen molar-refractivity contribution in [2.45, 2.75) is 6.04 Å². The maximum absolute atomic E-state index is 12.0. The van der Waals surface area contributed by atoms with Crippen LogP contribution in [-0.4, -0.2) is 32.3 Å². The molecule has 0 saturated carbocycles. The van der Waals surface area contributed by atoms with Gasteiger partial charge in [0.25, 0.3) is 0 Å². The third-order valence-electron chi connectivity index (χ3n) is 2.73. The van der Waals surface area contributed by atoms with Gasteiger partial charge in [0.15, 0.2) is 11.3 Å². The van der Waals surface area contributed by atoms with Crippen molar-refractivity contribution in [3.05, 3.63) is 21.3 Å². The Labute approximate surface area is 99.0 Å². The summed E-state index contributed by atoms with van der Waals surface area (Å²) in [6.45, 7) is 1.13. The van der Waals surface area contributed by atoms with E-state index in [2.05, 4.69) is 25.9 Å². The van der Waals surface area contributed by atoms with Crippen molar-refractivity contribution in [3.63, 3.8) is 0 Å². The molecule has 6 nitrogen and oxygen atoms in total. The molecular formula is C9H9BrN4O2. The zero-order valence-electron chi connectivity index (χ0n) is 8.55. The predicted octanol–water partition coefficient (Wildman–Crippen LogP) is 0.464. The van der Waals surface area contributed by atoms with Crippen molar-refractivity contribution in [1.29, 1.82) is 0 Å². The highest BCUT2D eigenvalue weighted by Gasteiger charge is 2.26. The zero-order valence-corrected chi connectivity index (χ0v) is 10.1. The average molecular weight is 285 g/mol. The number of halogens is 1. The highest BCUT2D eigenvalue weighted by atomic mass is 79.9. The zero-order chi connectivity index (χ0) is 11.3. The van der Waals surface area contributed by atoms with E-state index in [0.717, 1.165) is 0 Å². The number of aromatic nitrogens is 4. The SMILES string of the molecule is Cn1c(=O)n(C2COC2)c2ncc(Br)nc21. The normalized spacial score (nSPS) is 16.6. The van der Waals surface area contributed by atoms with Gasteiger partial charge in [-0.2, -0.15) is 0 Å². The number of fused-ring (bicyclic) bond motifs is 1. The average Bonchev–Trinajstić information content (AvgIpc) is 2.42. The first-order valence-electron chi connectivity index (χ1n) is 4.85. The van der Waals surface area contributed by atoms with E-state index in [1.165, 1.54) is 4.57 Å². The van der Waals surface area contributed by atoms with Gasteiger partial charge >= 0.3 is 5.69 Å². The highest BCUT2D eigenvalue weighted by Crippen LogP contribution is 2.20. The highest BCUT2D eigenvalue weighted by molar-refractivity contribution is 9.10. The molecule has 3 rings (SSSR count). The minimum absolute atomic E-state index is 0.0895. The van der Waals surface area contributed by atoms with Crippen molar-refractivity contribution < 1.29 is 4.74 Å². The number of ether oxygens (including phenoxy) is 1. The maximum atomic E-state index is 12.0. The molecular weight excluding hydrogens is 276 g/mol. The van der Waals surface area contributed by atoms with Crippen LogP contribution in [0.15, 0.2) is 15.6 Å². The fourth-order valence-electron chi connectivity index (χ4n) is 1.79. The van der Waals surface area contributed by atoms with Crippen LogP contribution >= 0.6 is 15.9 Å². The summed E-state index contributed by atoms with van der Waals surface area (Å²) in [4.78, 5) is 20.5. The Morgan fingerprint density at radius 1 is 1.50 bits per heavy atom. The van der Waals surface area contributed by atoms with Gasteiger partial charge in [-0.1, -0.05) is 0 Å². The van der Waals surface area contributed by atoms with Crippen LogP contribution in [0.25, 0.3) is 11.3 Å². The number of aryl methyl sites for hydroxylation is 1. The molecule has 1 fully saturated rings. The Morgan fingerprint density at radius 2 is 2.25 bits per heavy atom. The van der Waals surface area contributed by atoms with Crippen molar-refractivity contribution in [3.8, 4) is 0 Å². The van der Waals surface area contributed by atoms with Gasteiger partial charge in [-0.3, -0.25) is 9.13 Å². The molecule has 0 bridgehead atoms. The molecule has 2 aromatic rings. The smallest absolute Gasteiger partial charge is 0.331 e. The van der Waals surface area contributed by atoms with Crippen molar-refractivity contribution in [1.82, 2.24) is 19.1 Å². The first-order chi connectivity index (χ1) is 7.68. The molecule has 0 aromatic carbocycles. The van der Waals surface area contributed by atoms with Crippen LogP contribution in [0, 0.1) is 0 Å². The maximum Gasteiger partial charge on any atom is 0.331 e. The Balaban J connectivity index is 2.35. The van der Waals surface area contributed by atoms with E-state index in [-0.39, 0.29) is 11.7 Å². The van der Waals surface area contributed by atoms with Gasteiger partial charge < -0.3 is 4.74 Å². The molecule has 1 aliphatic heterocycles. The molecule has 0 spiro atoms. The summed E-state index contributed by atoms with van der Waals surface area (Å²) in [7, 11) is 1.70. The largest absolute Gasteiger partial charge is 0.377 e. The lowest BCUT2D eigenvalue weighted by Crippen LogP contribution is -2.37. The number of rotatable bonds is 1. The number of imidazole rings is 1. The van der Waals surface area contributed by atoms with Crippen molar-refractivity contribution in [2.75, 3.05) is 13.2 Å². The topological polar surface area (TPSA) is 61.9 Å². The van der Waals surface area contributed by atoms with Crippen LogP contribution in [0.3, 0.4) is 0 Å². The van der Waals surface area contributed by atoms with Gasteiger partial charge in [0.1, 0.15) is 4.60 Å². The molecule has 0 atom stereocenters. The second kappa shape index (κ2) is 3.39. The van der Waals surface area contributed by atoms with E-state index in [1.54, 1.807) is 17.8 Å². The molecule has 1 saturated heterocycles. The molecule has 0 unspecified atom stereocenters. The van der Waals surface area contributed by atoms with Gasteiger partial charge in [0, 0.05) is 7.05 Å². The first kappa shape index (κ1) is 9.98. The summed E-state index contributed by atoms with van der Waals surface area (Å²) < 4.78 is 8.88. The van der Waals surface area contributed by atoms with Crippen LogP contribution in [0.1, 0.15) is 6.04 Å². The molecule has 0 radical (unpaired) electrons. The Kier molecular flexibility index (Phi) is 2.11. The molecule has 0 aliphatic carbocycles. The van der Waals surface area contributed by atoms with Crippen molar-refractivity contribution >= 4 is 27.2 Å². The number of hydrogen-bond acceptors (Lipinski definition) is 4. The van der Waals surface area contributed by atoms with E-state index in [1.807, 2.05) is 0 Å². The van der Waals surface area contributed by atoms with Crippen LogP contribution in [0.2, 0.25) is 0 Å². The third-order valence-corrected chi connectivity index (χ3v) is 3.11. The number of hydrogen-bond donors (Lipinski definition) is 0. The first-order valence-corrected chi connectivity index (χ1v) is 5.65. The van der Waals surface area contributed by atoms with Gasteiger partial charge in [0.05, 0.1) is 25.5 Å². The van der Waals surface area contributed by atoms with E-state index < -0.39 is 0 Å². The van der Waals surface area contributed by atoms with Gasteiger partial charge in [0.2, 0.25) is 0 Å². The fourth-order valence-corrected chi connectivity index (χ4v) is 2.06. The fraction of sp³-hybridized carbons (Fsp3) is 0.444. The minimum atomic E-state index is -0.0959. The molecule has 16 heavy (non-hydrogen) atoms. The summed E-state index contributed by atoms with van der Waals surface area (Å²) in [5.74, 6) is 0. The summed E-state index contributed by atoms with van der Waals surface area (Å²) in [5, 5.41) is 0. The van der Waals surface area contributed by atoms with Gasteiger partial charge in [-0.05, 0) is 15.9 Å². The molecule has 7 heteroatoms. The molecule has 2 aromatic heterocycles. The predicted molar refractivity (Wildman–Crippen MR) is 60.3 cm³/mol.